The molecule has 0 bridgehead atoms. The van der Waals surface area contributed by atoms with Gasteiger partial charge in [0, 0.05) is 10.0 Å². The van der Waals surface area contributed by atoms with Crippen molar-refractivity contribution in [3.8, 4) is 17.2 Å². The van der Waals surface area contributed by atoms with E-state index in [9.17, 15) is 4.79 Å². The first-order valence-corrected chi connectivity index (χ1v) is 11.1. The van der Waals surface area contributed by atoms with Crippen molar-refractivity contribution in [3.05, 3.63) is 88.4 Å². The third-order valence-electron chi connectivity index (χ3n) is 4.27. The van der Waals surface area contributed by atoms with Gasteiger partial charge in [0.05, 0.1) is 12.8 Å². The van der Waals surface area contributed by atoms with Gasteiger partial charge in [0.25, 0.3) is 5.91 Å². The normalized spacial score (nSPS) is 10.7. The Morgan fingerprint density at radius 2 is 1.69 bits per heavy atom. The second kappa shape index (κ2) is 12.5. The van der Waals surface area contributed by atoms with Crippen LogP contribution in [0.25, 0.3) is 0 Å². The van der Waals surface area contributed by atoms with E-state index in [0.717, 1.165) is 27.8 Å². The summed E-state index contributed by atoms with van der Waals surface area (Å²) in [7, 11) is 0. The lowest BCUT2D eigenvalue weighted by molar-refractivity contribution is -0.123. The van der Waals surface area contributed by atoms with Crippen LogP contribution < -0.4 is 19.6 Å². The summed E-state index contributed by atoms with van der Waals surface area (Å²) in [6.07, 6.45) is 2.45. The zero-order chi connectivity index (χ0) is 22.6. The molecule has 0 saturated heterocycles. The molecule has 0 radical (unpaired) electrons. The number of hydrogen-bond donors (Lipinski definition) is 1. The van der Waals surface area contributed by atoms with E-state index in [1.165, 1.54) is 0 Å². The third kappa shape index (κ3) is 7.74. The Hall–Kier alpha value is -3.32. The molecule has 6 nitrogen and oxygen atoms in total. The van der Waals surface area contributed by atoms with Gasteiger partial charge in [0.15, 0.2) is 6.61 Å². The smallest absolute Gasteiger partial charge is 0.277 e. The molecule has 3 rings (SSSR count). The molecule has 0 atom stereocenters. The SMILES string of the molecule is CCCOc1ccc(Br)cc1C=NNC(=O)COc1ccc(OCc2ccccc2)cc1. The number of hydrazone groups is 1. The van der Waals surface area contributed by atoms with Gasteiger partial charge in [-0.2, -0.15) is 5.10 Å². The number of benzene rings is 3. The molecule has 0 aliphatic carbocycles. The summed E-state index contributed by atoms with van der Waals surface area (Å²) in [6.45, 7) is 2.99. The molecule has 0 spiro atoms. The van der Waals surface area contributed by atoms with Gasteiger partial charge in [-0.1, -0.05) is 53.2 Å². The molecule has 0 heterocycles. The van der Waals surface area contributed by atoms with Crippen molar-refractivity contribution in [1.82, 2.24) is 5.43 Å². The Morgan fingerprint density at radius 3 is 2.41 bits per heavy atom. The van der Waals surface area contributed by atoms with Crippen molar-refractivity contribution in [2.45, 2.75) is 20.0 Å². The highest BCUT2D eigenvalue weighted by Gasteiger charge is 2.05. The quantitative estimate of drug-likeness (QED) is 0.287. The van der Waals surface area contributed by atoms with E-state index in [2.05, 4.69) is 26.5 Å². The molecule has 1 N–H and O–H groups in total. The summed E-state index contributed by atoms with van der Waals surface area (Å²) in [5.74, 6) is 1.64. The average Bonchev–Trinajstić information content (AvgIpc) is 2.82. The minimum atomic E-state index is -0.364. The van der Waals surface area contributed by atoms with E-state index >= 15 is 0 Å². The molecule has 0 aromatic heterocycles. The van der Waals surface area contributed by atoms with Crippen LogP contribution in [-0.2, 0) is 11.4 Å². The first-order chi connectivity index (χ1) is 15.6. The van der Waals surface area contributed by atoms with Crippen molar-refractivity contribution in [2.75, 3.05) is 13.2 Å². The topological polar surface area (TPSA) is 69.2 Å². The van der Waals surface area contributed by atoms with Crippen molar-refractivity contribution < 1.29 is 19.0 Å². The molecule has 3 aromatic rings. The summed E-state index contributed by atoms with van der Waals surface area (Å²) in [5, 5.41) is 4.01. The molecule has 0 saturated carbocycles. The molecule has 166 valence electrons. The molecule has 0 unspecified atom stereocenters. The summed E-state index contributed by atoms with van der Waals surface area (Å²) < 4.78 is 17.8. The van der Waals surface area contributed by atoms with Crippen LogP contribution in [0.15, 0.2) is 82.4 Å². The average molecular weight is 497 g/mol. The standard InChI is InChI=1S/C25H25BrN2O4/c1-2-14-30-24-13-8-21(26)15-20(24)16-27-28-25(29)18-32-23-11-9-22(10-12-23)31-17-19-6-4-3-5-7-19/h3-13,15-16H,2,14,17-18H2,1H3,(H,28,29). The predicted molar refractivity (Wildman–Crippen MR) is 128 cm³/mol. The Balaban J connectivity index is 1.44. The van der Waals surface area contributed by atoms with Gasteiger partial charge in [-0.05, 0) is 54.4 Å². The number of ether oxygens (including phenoxy) is 3. The maximum absolute atomic E-state index is 12.0. The summed E-state index contributed by atoms with van der Waals surface area (Å²) in [5.41, 5.74) is 4.32. The van der Waals surface area contributed by atoms with Crippen LogP contribution in [0, 0.1) is 0 Å². The molecule has 1 amide bonds. The number of amides is 1. The van der Waals surface area contributed by atoms with Crippen LogP contribution in [0.3, 0.4) is 0 Å². The van der Waals surface area contributed by atoms with Crippen LogP contribution in [0.5, 0.6) is 17.2 Å². The monoisotopic (exact) mass is 496 g/mol. The maximum atomic E-state index is 12.0. The minimum Gasteiger partial charge on any atom is -0.493 e. The van der Waals surface area contributed by atoms with E-state index in [-0.39, 0.29) is 12.5 Å². The molecule has 0 aliphatic heterocycles. The van der Waals surface area contributed by atoms with Crippen LogP contribution >= 0.6 is 15.9 Å². The number of nitrogens with one attached hydrogen (secondary N) is 1. The van der Waals surface area contributed by atoms with Gasteiger partial charge in [-0.25, -0.2) is 5.43 Å². The van der Waals surface area contributed by atoms with Crippen molar-refractivity contribution in [2.24, 2.45) is 5.10 Å². The van der Waals surface area contributed by atoms with Gasteiger partial charge in [0.2, 0.25) is 0 Å². The summed E-state index contributed by atoms with van der Waals surface area (Å²) in [6, 6.07) is 22.7. The highest BCUT2D eigenvalue weighted by atomic mass is 79.9. The van der Waals surface area contributed by atoms with Gasteiger partial charge < -0.3 is 14.2 Å². The minimum absolute atomic E-state index is 0.154. The summed E-state index contributed by atoms with van der Waals surface area (Å²) >= 11 is 3.43. The second-order valence-electron chi connectivity index (χ2n) is 6.86. The van der Waals surface area contributed by atoms with E-state index in [1.54, 1.807) is 30.5 Å². The van der Waals surface area contributed by atoms with E-state index < -0.39 is 0 Å². The largest absolute Gasteiger partial charge is 0.493 e. The third-order valence-corrected chi connectivity index (χ3v) is 4.76. The molecule has 7 heteroatoms. The highest BCUT2D eigenvalue weighted by molar-refractivity contribution is 9.10. The fourth-order valence-electron chi connectivity index (χ4n) is 2.69. The number of rotatable bonds is 11. The zero-order valence-corrected chi connectivity index (χ0v) is 19.4. The van der Waals surface area contributed by atoms with Crippen molar-refractivity contribution in [1.29, 1.82) is 0 Å². The van der Waals surface area contributed by atoms with Crippen LogP contribution in [0.2, 0.25) is 0 Å². The van der Waals surface area contributed by atoms with E-state index in [4.69, 9.17) is 14.2 Å². The highest BCUT2D eigenvalue weighted by Crippen LogP contribution is 2.22. The zero-order valence-electron chi connectivity index (χ0n) is 17.8. The van der Waals surface area contributed by atoms with E-state index in [1.807, 2.05) is 55.5 Å². The van der Waals surface area contributed by atoms with Gasteiger partial charge >= 0.3 is 0 Å². The number of carbonyl (C=O) groups is 1. The number of hydrogen-bond acceptors (Lipinski definition) is 5. The molecular weight excluding hydrogens is 472 g/mol. The molecule has 3 aromatic carbocycles. The fraction of sp³-hybridized carbons (Fsp3) is 0.200. The Labute approximate surface area is 196 Å². The van der Waals surface area contributed by atoms with Crippen molar-refractivity contribution in [3.63, 3.8) is 0 Å². The van der Waals surface area contributed by atoms with Gasteiger partial charge in [0.1, 0.15) is 23.9 Å². The van der Waals surface area contributed by atoms with Crippen LogP contribution in [-0.4, -0.2) is 25.3 Å². The Morgan fingerprint density at radius 1 is 0.969 bits per heavy atom. The molecule has 32 heavy (non-hydrogen) atoms. The first-order valence-electron chi connectivity index (χ1n) is 10.3. The fourth-order valence-corrected chi connectivity index (χ4v) is 3.07. The van der Waals surface area contributed by atoms with Gasteiger partial charge in [-0.3, -0.25) is 4.79 Å². The number of nitrogens with zero attached hydrogens (tertiary/aromatic N) is 1. The van der Waals surface area contributed by atoms with Gasteiger partial charge in [-0.15, -0.1) is 0 Å². The Kier molecular flexibility index (Phi) is 9.13. The number of halogens is 1. The van der Waals surface area contributed by atoms with Crippen molar-refractivity contribution >= 4 is 28.1 Å². The lowest BCUT2D eigenvalue weighted by Gasteiger charge is -2.09. The van der Waals surface area contributed by atoms with Crippen LogP contribution in [0.4, 0.5) is 0 Å². The lowest BCUT2D eigenvalue weighted by Crippen LogP contribution is -2.24. The first kappa shape index (κ1) is 23.3. The molecule has 0 aliphatic rings. The Bertz CT molecular complexity index is 1020. The molecule has 0 fully saturated rings. The second-order valence-corrected chi connectivity index (χ2v) is 7.77. The number of carbonyl (C=O) groups excluding carboxylic acids is 1. The summed E-state index contributed by atoms with van der Waals surface area (Å²) in [4.78, 5) is 12.0. The molecular formula is C25H25BrN2O4. The lowest BCUT2D eigenvalue weighted by atomic mass is 10.2. The van der Waals surface area contributed by atoms with E-state index in [0.29, 0.717) is 24.7 Å². The van der Waals surface area contributed by atoms with Crippen LogP contribution in [0.1, 0.15) is 24.5 Å². The predicted octanol–water partition coefficient (Wildman–Crippen LogP) is 5.35. The maximum Gasteiger partial charge on any atom is 0.277 e.